The quantitative estimate of drug-likeness (QED) is 0.663. The first kappa shape index (κ1) is 15.2. The number of sulfonamides is 1. The highest BCUT2D eigenvalue weighted by Crippen LogP contribution is 2.19. The first-order valence-corrected chi connectivity index (χ1v) is 9.11. The van der Waals surface area contributed by atoms with Crippen molar-refractivity contribution in [2.75, 3.05) is 18.8 Å². The van der Waals surface area contributed by atoms with Crippen molar-refractivity contribution in [3.8, 4) is 0 Å². The summed E-state index contributed by atoms with van der Waals surface area (Å²) in [6.45, 7) is 1.78. The van der Waals surface area contributed by atoms with E-state index < -0.39 is 16.1 Å². The number of hydrogen-bond acceptors (Lipinski definition) is 4. The van der Waals surface area contributed by atoms with E-state index >= 15 is 0 Å². The van der Waals surface area contributed by atoms with E-state index in [1.165, 1.54) is 0 Å². The van der Waals surface area contributed by atoms with Crippen LogP contribution in [-0.2, 0) is 10.0 Å². The Hall–Kier alpha value is -0.170. The van der Waals surface area contributed by atoms with Gasteiger partial charge in [-0.3, -0.25) is 0 Å². The van der Waals surface area contributed by atoms with Crippen molar-refractivity contribution in [2.24, 2.45) is 5.92 Å². The number of rotatable bonds is 4. The van der Waals surface area contributed by atoms with Gasteiger partial charge in [-0.15, -0.1) is 0 Å². The van der Waals surface area contributed by atoms with Crippen LogP contribution in [0.1, 0.15) is 44.9 Å². The Balaban J connectivity index is 1.87. The van der Waals surface area contributed by atoms with Gasteiger partial charge in [0.05, 0.1) is 11.9 Å². The summed E-state index contributed by atoms with van der Waals surface area (Å²) >= 11 is 0. The fraction of sp³-hybridized carbons (Fsp3) is 1.00. The molecule has 2 rings (SSSR count). The molecule has 1 heterocycles. The van der Waals surface area contributed by atoms with Crippen LogP contribution in [-0.4, -0.2) is 44.5 Å². The molecule has 2 fully saturated rings. The summed E-state index contributed by atoms with van der Waals surface area (Å²) in [5, 5.41) is 13.2. The van der Waals surface area contributed by atoms with Crippen LogP contribution in [0.25, 0.3) is 0 Å². The lowest BCUT2D eigenvalue weighted by molar-refractivity contribution is 0.130. The van der Waals surface area contributed by atoms with Crippen molar-refractivity contribution in [1.82, 2.24) is 10.0 Å². The fourth-order valence-corrected chi connectivity index (χ4v) is 4.82. The summed E-state index contributed by atoms with van der Waals surface area (Å²) in [6, 6.07) is -0.288. The smallest absolute Gasteiger partial charge is 0.212 e. The molecule has 0 spiro atoms. The molecule has 3 atom stereocenters. The van der Waals surface area contributed by atoms with Gasteiger partial charge in [0.15, 0.2) is 0 Å². The number of aliphatic hydroxyl groups excluding tert-OH is 1. The van der Waals surface area contributed by atoms with Gasteiger partial charge in [0, 0.05) is 6.04 Å². The maximum Gasteiger partial charge on any atom is 0.212 e. The standard InChI is InChI=1S/C13H26N2O3S/c16-13-7-3-1-2-6-12(13)15-19(17,18)10-11-5-4-8-14-9-11/h11-16H,1-10H2. The summed E-state index contributed by atoms with van der Waals surface area (Å²) in [6.07, 6.45) is 6.03. The van der Waals surface area contributed by atoms with Gasteiger partial charge in [0.2, 0.25) is 10.0 Å². The fourth-order valence-electron chi connectivity index (χ4n) is 3.08. The second-order valence-corrected chi connectivity index (χ2v) is 7.72. The Labute approximate surface area is 116 Å². The van der Waals surface area contributed by atoms with Crippen LogP contribution in [0.5, 0.6) is 0 Å². The molecule has 0 bridgehead atoms. The topological polar surface area (TPSA) is 78.4 Å². The second-order valence-electron chi connectivity index (χ2n) is 5.92. The van der Waals surface area contributed by atoms with Crippen LogP contribution in [0.3, 0.4) is 0 Å². The minimum atomic E-state index is -3.28. The van der Waals surface area contributed by atoms with Crippen LogP contribution in [0.2, 0.25) is 0 Å². The zero-order chi connectivity index (χ0) is 13.7. The Morgan fingerprint density at radius 3 is 2.63 bits per heavy atom. The Morgan fingerprint density at radius 1 is 1.11 bits per heavy atom. The molecule has 0 amide bonds. The van der Waals surface area contributed by atoms with Crippen molar-refractivity contribution < 1.29 is 13.5 Å². The van der Waals surface area contributed by atoms with Crippen molar-refractivity contribution in [2.45, 2.75) is 57.1 Å². The molecule has 6 heteroatoms. The van der Waals surface area contributed by atoms with Crippen molar-refractivity contribution >= 4 is 10.0 Å². The summed E-state index contributed by atoms with van der Waals surface area (Å²) < 4.78 is 27.1. The van der Waals surface area contributed by atoms with Gasteiger partial charge in [-0.2, -0.15) is 0 Å². The highest BCUT2D eigenvalue weighted by atomic mass is 32.2. The molecule has 19 heavy (non-hydrogen) atoms. The molecule has 0 radical (unpaired) electrons. The predicted octanol–water partition coefficient (Wildman–Crippen LogP) is 0.599. The first-order chi connectivity index (χ1) is 9.07. The molecule has 2 aliphatic rings. The van der Waals surface area contributed by atoms with Gasteiger partial charge in [-0.25, -0.2) is 13.1 Å². The normalized spacial score (nSPS) is 33.8. The third kappa shape index (κ3) is 5.02. The summed E-state index contributed by atoms with van der Waals surface area (Å²) in [7, 11) is -3.28. The van der Waals surface area contributed by atoms with Crippen LogP contribution in [0.15, 0.2) is 0 Å². The largest absolute Gasteiger partial charge is 0.391 e. The first-order valence-electron chi connectivity index (χ1n) is 7.45. The van der Waals surface area contributed by atoms with Crippen LogP contribution >= 0.6 is 0 Å². The Bertz CT molecular complexity index is 366. The average Bonchev–Trinajstić information content (AvgIpc) is 2.55. The van der Waals surface area contributed by atoms with E-state index in [4.69, 9.17) is 0 Å². The molecular weight excluding hydrogens is 264 g/mol. The number of nitrogens with one attached hydrogen (secondary N) is 2. The van der Waals surface area contributed by atoms with E-state index in [0.29, 0.717) is 6.42 Å². The molecule has 112 valence electrons. The minimum Gasteiger partial charge on any atom is -0.391 e. The maximum absolute atomic E-state index is 12.2. The van der Waals surface area contributed by atoms with E-state index in [9.17, 15) is 13.5 Å². The Kier molecular flexibility index (Phi) is 5.62. The van der Waals surface area contributed by atoms with E-state index in [2.05, 4.69) is 10.0 Å². The summed E-state index contributed by atoms with van der Waals surface area (Å²) in [5.74, 6) is 0.387. The van der Waals surface area contributed by atoms with E-state index in [1.54, 1.807) is 0 Å². The van der Waals surface area contributed by atoms with Crippen LogP contribution in [0.4, 0.5) is 0 Å². The zero-order valence-corrected chi connectivity index (χ0v) is 12.3. The molecule has 0 aromatic heterocycles. The molecule has 1 saturated carbocycles. The van der Waals surface area contributed by atoms with E-state index in [-0.39, 0.29) is 17.7 Å². The molecule has 1 aliphatic carbocycles. The maximum atomic E-state index is 12.2. The lowest BCUT2D eigenvalue weighted by Gasteiger charge is -2.25. The van der Waals surface area contributed by atoms with E-state index in [0.717, 1.165) is 51.6 Å². The third-order valence-electron chi connectivity index (χ3n) is 4.16. The predicted molar refractivity (Wildman–Crippen MR) is 75.4 cm³/mol. The molecule has 3 N–H and O–H groups in total. The second kappa shape index (κ2) is 7.02. The number of hydrogen-bond donors (Lipinski definition) is 3. The lowest BCUT2D eigenvalue weighted by atomic mass is 10.0. The summed E-state index contributed by atoms with van der Waals surface area (Å²) in [5.41, 5.74) is 0. The van der Waals surface area contributed by atoms with Gasteiger partial charge in [0.25, 0.3) is 0 Å². The molecule has 0 aromatic carbocycles. The zero-order valence-electron chi connectivity index (χ0n) is 11.5. The van der Waals surface area contributed by atoms with Gasteiger partial charge < -0.3 is 10.4 Å². The highest BCUT2D eigenvalue weighted by molar-refractivity contribution is 7.89. The monoisotopic (exact) mass is 290 g/mol. The van der Waals surface area contributed by atoms with Crippen LogP contribution in [0, 0.1) is 5.92 Å². The van der Waals surface area contributed by atoms with Gasteiger partial charge >= 0.3 is 0 Å². The average molecular weight is 290 g/mol. The van der Waals surface area contributed by atoms with E-state index in [1.807, 2.05) is 0 Å². The molecule has 1 aliphatic heterocycles. The minimum absolute atomic E-state index is 0.184. The molecule has 0 aromatic rings. The van der Waals surface area contributed by atoms with Crippen molar-refractivity contribution in [1.29, 1.82) is 0 Å². The molecule has 5 nitrogen and oxygen atoms in total. The SMILES string of the molecule is O=S(=O)(CC1CCCNC1)NC1CCCCCC1O. The van der Waals surface area contributed by atoms with Crippen molar-refractivity contribution in [3.05, 3.63) is 0 Å². The van der Waals surface area contributed by atoms with Gasteiger partial charge in [0.1, 0.15) is 0 Å². The number of piperidine rings is 1. The van der Waals surface area contributed by atoms with Crippen LogP contribution < -0.4 is 10.0 Å². The molecular formula is C13H26N2O3S. The Morgan fingerprint density at radius 2 is 1.89 bits per heavy atom. The van der Waals surface area contributed by atoms with Crippen molar-refractivity contribution in [3.63, 3.8) is 0 Å². The highest BCUT2D eigenvalue weighted by Gasteiger charge is 2.28. The van der Waals surface area contributed by atoms with Gasteiger partial charge in [-0.1, -0.05) is 19.3 Å². The summed E-state index contributed by atoms with van der Waals surface area (Å²) in [4.78, 5) is 0. The molecule has 3 unspecified atom stereocenters. The lowest BCUT2D eigenvalue weighted by Crippen LogP contribution is -2.45. The van der Waals surface area contributed by atoms with Gasteiger partial charge in [-0.05, 0) is 44.7 Å². The number of aliphatic hydroxyl groups is 1. The third-order valence-corrected chi connectivity index (χ3v) is 5.74. The molecule has 1 saturated heterocycles.